The average Bonchev–Trinajstić information content (AvgIpc) is 3.15. The van der Waals surface area contributed by atoms with Crippen molar-refractivity contribution in [1.82, 2.24) is 15.1 Å². The number of hydrogen-bond donors (Lipinski definition) is 1. The lowest BCUT2D eigenvalue weighted by molar-refractivity contribution is -0.131. The van der Waals surface area contributed by atoms with Gasteiger partial charge in [-0.2, -0.15) is 5.10 Å². The summed E-state index contributed by atoms with van der Waals surface area (Å²) in [6, 6.07) is 7.90. The van der Waals surface area contributed by atoms with Crippen LogP contribution in [-0.4, -0.2) is 27.9 Å². The minimum Gasteiger partial charge on any atom is -0.365 e. The highest BCUT2D eigenvalue weighted by Gasteiger charge is 2.27. The largest absolute Gasteiger partial charge is 0.365 e. The molecule has 1 aliphatic rings. The van der Waals surface area contributed by atoms with Gasteiger partial charge in [0.1, 0.15) is 11.9 Å². The van der Waals surface area contributed by atoms with Gasteiger partial charge in [-0.15, -0.1) is 0 Å². The summed E-state index contributed by atoms with van der Waals surface area (Å²) >= 11 is 0. The number of benzene rings is 1. The summed E-state index contributed by atoms with van der Waals surface area (Å²) in [6.07, 6.45) is 3.25. The monoisotopic (exact) mass is 303 g/mol. The molecule has 1 aromatic carbocycles. The second kappa shape index (κ2) is 6.27. The number of nitrogens with one attached hydrogen (secondary N) is 1. The summed E-state index contributed by atoms with van der Waals surface area (Å²) < 4.78 is 20.1. The fourth-order valence-electron chi connectivity index (χ4n) is 2.48. The van der Waals surface area contributed by atoms with Gasteiger partial charge in [0.2, 0.25) is 5.91 Å². The Hall–Kier alpha value is -2.21. The molecule has 3 rings (SSSR count). The molecule has 0 aliphatic carbocycles. The van der Waals surface area contributed by atoms with Crippen molar-refractivity contribution < 1.29 is 13.9 Å². The zero-order chi connectivity index (χ0) is 15.5. The third-order valence-electron chi connectivity index (χ3n) is 3.70. The van der Waals surface area contributed by atoms with Crippen molar-refractivity contribution in [2.24, 2.45) is 0 Å². The van der Waals surface area contributed by atoms with E-state index in [1.165, 1.54) is 12.1 Å². The van der Waals surface area contributed by atoms with Gasteiger partial charge in [0.05, 0.1) is 24.0 Å². The van der Waals surface area contributed by atoms with Crippen molar-refractivity contribution in [1.29, 1.82) is 0 Å². The Morgan fingerprint density at radius 3 is 2.82 bits per heavy atom. The molecule has 22 heavy (non-hydrogen) atoms. The Morgan fingerprint density at radius 2 is 2.14 bits per heavy atom. The van der Waals surface area contributed by atoms with Gasteiger partial charge in [0.15, 0.2) is 0 Å². The molecule has 5 nitrogen and oxygen atoms in total. The highest BCUT2D eigenvalue weighted by Crippen LogP contribution is 2.19. The minimum atomic E-state index is -0.353. The van der Waals surface area contributed by atoms with Crippen molar-refractivity contribution >= 4 is 5.91 Å². The highest BCUT2D eigenvalue weighted by molar-refractivity contribution is 5.80. The SMILES string of the molecule is C[C@@H]1CC[C@@H](C(=O)NCc2ccn(-c3ccc(F)cc3)n2)O1. The maximum absolute atomic E-state index is 12.9. The molecule has 1 N–H and O–H groups in total. The first kappa shape index (κ1) is 14.7. The number of hydrogen-bond acceptors (Lipinski definition) is 3. The summed E-state index contributed by atoms with van der Waals surface area (Å²) in [4.78, 5) is 12.0. The number of carbonyl (C=O) groups excluding carboxylic acids is 1. The van der Waals surface area contributed by atoms with Crippen LogP contribution in [0.5, 0.6) is 0 Å². The Morgan fingerprint density at radius 1 is 1.36 bits per heavy atom. The normalized spacial score (nSPS) is 21.0. The van der Waals surface area contributed by atoms with Crippen LogP contribution in [0.1, 0.15) is 25.5 Å². The molecule has 1 amide bonds. The molecule has 2 atom stereocenters. The van der Waals surface area contributed by atoms with Crippen molar-refractivity contribution in [3.63, 3.8) is 0 Å². The predicted octanol–water partition coefficient (Wildman–Crippen LogP) is 2.20. The second-order valence-corrected chi connectivity index (χ2v) is 5.46. The molecule has 2 heterocycles. The summed E-state index contributed by atoms with van der Waals surface area (Å²) in [5.74, 6) is -0.380. The summed E-state index contributed by atoms with van der Waals surface area (Å²) in [6.45, 7) is 2.32. The lowest BCUT2D eigenvalue weighted by Crippen LogP contribution is -2.34. The van der Waals surface area contributed by atoms with Crippen LogP contribution in [0.15, 0.2) is 36.5 Å². The molecule has 1 saturated heterocycles. The molecule has 116 valence electrons. The first-order valence-electron chi connectivity index (χ1n) is 7.35. The third-order valence-corrected chi connectivity index (χ3v) is 3.70. The van der Waals surface area contributed by atoms with Crippen LogP contribution in [-0.2, 0) is 16.1 Å². The topological polar surface area (TPSA) is 56.2 Å². The van der Waals surface area contributed by atoms with E-state index in [9.17, 15) is 9.18 Å². The molecule has 1 fully saturated rings. The van der Waals surface area contributed by atoms with E-state index in [0.29, 0.717) is 6.54 Å². The number of halogens is 1. The summed E-state index contributed by atoms with van der Waals surface area (Å²) in [5, 5.41) is 7.20. The predicted molar refractivity (Wildman–Crippen MR) is 78.9 cm³/mol. The Bertz CT molecular complexity index is 654. The number of ether oxygens (including phenoxy) is 1. The fourth-order valence-corrected chi connectivity index (χ4v) is 2.48. The van der Waals surface area contributed by atoms with Gasteiger partial charge in [0, 0.05) is 6.20 Å². The van der Waals surface area contributed by atoms with Crippen LogP contribution in [0.4, 0.5) is 4.39 Å². The zero-order valence-corrected chi connectivity index (χ0v) is 12.3. The smallest absolute Gasteiger partial charge is 0.249 e. The van der Waals surface area contributed by atoms with Gasteiger partial charge in [-0.1, -0.05) is 0 Å². The van der Waals surface area contributed by atoms with Gasteiger partial charge in [-0.3, -0.25) is 4.79 Å². The molecule has 0 radical (unpaired) electrons. The van der Waals surface area contributed by atoms with E-state index in [1.54, 1.807) is 23.0 Å². The van der Waals surface area contributed by atoms with E-state index in [0.717, 1.165) is 24.2 Å². The van der Waals surface area contributed by atoms with Crippen LogP contribution in [0, 0.1) is 5.82 Å². The number of amides is 1. The van der Waals surface area contributed by atoms with Gasteiger partial charge in [0.25, 0.3) is 0 Å². The quantitative estimate of drug-likeness (QED) is 0.942. The lowest BCUT2D eigenvalue weighted by atomic mass is 10.2. The molecule has 0 spiro atoms. The molecule has 6 heteroatoms. The second-order valence-electron chi connectivity index (χ2n) is 5.46. The number of aromatic nitrogens is 2. The van der Waals surface area contributed by atoms with Crippen molar-refractivity contribution in [2.75, 3.05) is 0 Å². The van der Waals surface area contributed by atoms with Gasteiger partial charge >= 0.3 is 0 Å². The Labute approximate surface area is 128 Å². The van der Waals surface area contributed by atoms with Crippen molar-refractivity contribution in [2.45, 2.75) is 38.5 Å². The van der Waals surface area contributed by atoms with Crippen LogP contribution < -0.4 is 5.32 Å². The molecule has 0 bridgehead atoms. The molecule has 1 aliphatic heterocycles. The van der Waals surface area contributed by atoms with E-state index >= 15 is 0 Å². The zero-order valence-electron chi connectivity index (χ0n) is 12.3. The van der Waals surface area contributed by atoms with Crippen LogP contribution in [0.2, 0.25) is 0 Å². The van der Waals surface area contributed by atoms with Crippen LogP contribution in [0.3, 0.4) is 0 Å². The van der Waals surface area contributed by atoms with Gasteiger partial charge in [-0.25, -0.2) is 9.07 Å². The van der Waals surface area contributed by atoms with E-state index in [4.69, 9.17) is 4.74 Å². The summed E-state index contributed by atoms with van der Waals surface area (Å²) in [7, 11) is 0. The number of carbonyl (C=O) groups is 1. The molecule has 0 saturated carbocycles. The maximum atomic E-state index is 12.9. The standard InChI is InChI=1S/C16H18FN3O2/c1-11-2-7-15(22-11)16(21)18-10-13-8-9-20(19-13)14-5-3-12(17)4-6-14/h3-6,8-9,11,15H,2,7,10H2,1H3,(H,18,21)/t11-,15+/m1/s1. The molecule has 0 unspecified atom stereocenters. The van der Waals surface area contributed by atoms with Crippen molar-refractivity contribution in [3.05, 3.63) is 48.0 Å². The fraction of sp³-hybridized carbons (Fsp3) is 0.375. The van der Waals surface area contributed by atoms with Crippen LogP contribution >= 0.6 is 0 Å². The molecular formula is C16H18FN3O2. The Kier molecular flexibility index (Phi) is 4.20. The first-order chi connectivity index (χ1) is 10.6. The summed E-state index contributed by atoms with van der Waals surface area (Å²) in [5.41, 5.74) is 1.51. The van der Waals surface area contributed by atoms with E-state index in [2.05, 4.69) is 10.4 Å². The van der Waals surface area contributed by atoms with E-state index in [1.807, 2.05) is 13.0 Å². The van der Waals surface area contributed by atoms with E-state index in [-0.39, 0.29) is 23.9 Å². The molecule has 1 aromatic heterocycles. The van der Waals surface area contributed by atoms with Crippen molar-refractivity contribution in [3.8, 4) is 5.69 Å². The van der Waals surface area contributed by atoms with Gasteiger partial charge < -0.3 is 10.1 Å². The maximum Gasteiger partial charge on any atom is 0.249 e. The van der Waals surface area contributed by atoms with Gasteiger partial charge in [-0.05, 0) is 50.1 Å². The average molecular weight is 303 g/mol. The number of nitrogens with zero attached hydrogens (tertiary/aromatic N) is 2. The molecular weight excluding hydrogens is 285 g/mol. The minimum absolute atomic E-state index is 0.0966. The van der Waals surface area contributed by atoms with E-state index < -0.39 is 0 Å². The molecule has 2 aromatic rings. The lowest BCUT2D eigenvalue weighted by Gasteiger charge is -2.10. The highest BCUT2D eigenvalue weighted by atomic mass is 19.1. The Balaban J connectivity index is 1.58. The number of rotatable bonds is 4. The first-order valence-corrected chi connectivity index (χ1v) is 7.35. The van der Waals surface area contributed by atoms with Crippen LogP contribution in [0.25, 0.3) is 5.69 Å². The third kappa shape index (κ3) is 3.33.